The number of amides is 4. The zero-order chi connectivity index (χ0) is 33.4. The molecule has 1 heterocycles. The van der Waals surface area contributed by atoms with Crippen molar-refractivity contribution in [2.45, 2.75) is 103 Å². The number of alkyl halides is 1. The molecule has 0 radical (unpaired) electrons. The molecule has 248 valence electrons. The van der Waals surface area contributed by atoms with Crippen LogP contribution < -0.4 is 16.0 Å². The third-order valence-electron chi connectivity index (χ3n) is 8.36. The number of nitrogens with one attached hydrogen (secondary N) is 3. The molecule has 1 aliphatic carbocycles. The van der Waals surface area contributed by atoms with Crippen LogP contribution in [0.5, 0.6) is 0 Å². The van der Waals surface area contributed by atoms with E-state index in [-0.39, 0.29) is 25.8 Å². The molecule has 3 rings (SSSR count). The van der Waals surface area contributed by atoms with Crippen LogP contribution in [0.15, 0.2) is 30.3 Å². The number of rotatable bonds is 14. The first-order chi connectivity index (χ1) is 21.2. The Morgan fingerprint density at radius 3 is 2.20 bits per heavy atom. The third kappa shape index (κ3) is 9.01. The molecule has 1 saturated carbocycles. The summed E-state index contributed by atoms with van der Waals surface area (Å²) in [4.78, 5) is 79.4. The lowest BCUT2D eigenvalue weighted by atomic mass is 9.92. The standard InChI is InChI=1S/C32H45FN4O8/c1-6-10-23(27(38)29(40)35-24(31(42)43)15-19-11-8-7-9-12-19)34-28(39)26-20-13-14-22(33)21(20)16-37(26)30(41)25(17(2)3)36-32(44)45-18(4)5/h7-9,11-12,17-18,20-26H,6,10,13-16H2,1-5H3,(H,34,39)(H,35,40)(H,36,44)(H,42,43)/t20-,21-,22-,23?,24-,25-,26-/m0/s1. The molecule has 1 aromatic carbocycles. The number of hydrogen-bond donors (Lipinski definition) is 4. The van der Waals surface area contributed by atoms with Crippen molar-refractivity contribution in [1.29, 1.82) is 0 Å². The van der Waals surface area contributed by atoms with Crippen LogP contribution in [0.25, 0.3) is 0 Å². The molecular weight excluding hydrogens is 587 g/mol. The lowest BCUT2D eigenvalue weighted by molar-refractivity contribution is -0.146. The number of aliphatic carboxylic acids is 1. The van der Waals surface area contributed by atoms with Crippen LogP contribution in [0.2, 0.25) is 0 Å². The molecule has 1 saturated heterocycles. The predicted octanol–water partition coefficient (Wildman–Crippen LogP) is 2.39. The van der Waals surface area contributed by atoms with Crippen LogP contribution in [-0.4, -0.2) is 88.6 Å². The van der Waals surface area contributed by atoms with E-state index in [0.717, 1.165) is 0 Å². The Bertz CT molecular complexity index is 1240. The number of carbonyl (C=O) groups is 6. The molecule has 1 aliphatic heterocycles. The van der Waals surface area contributed by atoms with Gasteiger partial charge in [0.15, 0.2) is 0 Å². The smallest absolute Gasteiger partial charge is 0.408 e. The van der Waals surface area contributed by atoms with Gasteiger partial charge in [-0.05, 0) is 50.5 Å². The molecule has 2 fully saturated rings. The van der Waals surface area contributed by atoms with Crippen molar-refractivity contribution >= 4 is 35.6 Å². The second kappa shape index (κ2) is 15.8. The number of carboxylic acids is 1. The number of carboxylic acid groups (broad SMARTS) is 1. The Balaban J connectivity index is 1.80. The number of nitrogens with zero attached hydrogens (tertiary/aromatic N) is 1. The van der Waals surface area contributed by atoms with Crippen molar-refractivity contribution in [2.24, 2.45) is 17.8 Å². The summed E-state index contributed by atoms with van der Waals surface area (Å²) in [6.45, 7) is 8.47. The molecule has 0 spiro atoms. The van der Waals surface area contributed by atoms with Gasteiger partial charge >= 0.3 is 12.1 Å². The van der Waals surface area contributed by atoms with Crippen molar-refractivity contribution < 1.29 is 43.0 Å². The number of fused-ring (bicyclic) bond motifs is 1. The lowest BCUT2D eigenvalue weighted by Gasteiger charge is -2.32. The van der Waals surface area contributed by atoms with Gasteiger partial charge in [0.05, 0.1) is 12.1 Å². The summed E-state index contributed by atoms with van der Waals surface area (Å²) >= 11 is 0. The van der Waals surface area contributed by atoms with E-state index in [9.17, 15) is 38.3 Å². The van der Waals surface area contributed by atoms with Crippen LogP contribution in [-0.2, 0) is 35.1 Å². The van der Waals surface area contributed by atoms with Gasteiger partial charge in [-0.2, -0.15) is 0 Å². The average molecular weight is 633 g/mol. The van der Waals surface area contributed by atoms with Gasteiger partial charge in [-0.15, -0.1) is 0 Å². The van der Waals surface area contributed by atoms with Crippen molar-refractivity contribution in [3.63, 3.8) is 0 Å². The van der Waals surface area contributed by atoms with Gasteiger partial charge in [0.2, 0.25) is 17.6 Å². The van der Waals surface area contributed by atoms with E-state index in [1.54, 1.807) is 65.0 Å². The number of ketones is 1. The van der Waals surface area contributed by atoms with Gasteiger partial charge in [-0.1, -0.05) is 57.5 Å². The highest BCUT2D eigenvalue weighted by Crippen LogP contribution is 2.44. The van der Waals surface area contributed by atoms with E-state index >= 15 is 0 Å². The number of halogens is 1. The van der Waals surface area contributed by atoms with Gasteiger partial charge in [-0.25, -0.2) is 14.0 Å². The topological polar surface area (TPSA) is 171 Å². The zero-order valence-electron chi connectivity index (χ0n) is 26.5. The number of likely N-dealkylation sites (tertiary alicyclic amines) is 1. The van der Waals surface area contributed by atoms with Gasteiger partial charge in [-0.3, -0.25) is 19.2 Å². The number of alkyl carbamates (subject to hydrolysis) is 1. The van der Waals surface area contributed by atoms with Crippen molar-refractivity contribution in [3.05, 3.63) is 35.9 Å². The maximum absolute atomic E-state index is 14.9. The Morgan fingerprint density at radius 1 is 0.956 bits per heavy atom. The number of benzene rings is 1. The fraction of sp³-hybridized carbons (Fsp3) is 0.625. The first kappa shape index (κ1) is 35.4. The third-order valence-corrected chi connectivity index (χ3v) is 8.36. The Kier molecular flexibility index (Phi) is 12.5. The highest BCUT2D eigenvalue weighted by molar-refractivity contribution is 6.38. The number of Topliss-reactive ketones (excluding diaryl/α,β-unsaturated/α-hetero) is 1. The first-order valence-electron chi connectivity index (χ1n) is 15.6. The summed E-state index contributed by atoms with van der Waals surface area (Å²) < 4.78 is 20.1. The summed E-state index contributed by atoms with van der Waals surface area (Å²) in [5.74, 6) is -6.30. The number of ether oxygens (including phenoxy) is 1. The SMILES string of the molecule is CCCC(NC(=O)[C@@H]1[C@H]2CC[C@H](F)[C@H]2CN1C(=O)[C@@H](NC(=O)OC(C)C)C(C)C)C(=O)C(=O)N[C@@H](Cc1ccccc1)C(=O)O. The van der Waals surface area contributed by atoms with E-state index in [1.807, 2.05) is 0 Å². The highest BCUT2D eigenvalue weighted by Gasteiger charge is 2.54. The summed E-state index contributed by atoms with van der Waals surface area (Å²) in [5.41, 5.74) is 0.644. The Hall–Kier alpha value is -4.03. The van der Waals surface area contributed by atoms with Gasteiger partial charge in [0.1, 0.15) is 24.3 Å². The second-order valence-electron chi connectivity index (χ2n) is 12.4. The summed E-state index contributed by atoms with van der Waals surface area (Å²) in [7, 11) is 0. The molecule has 1 unspecified atom stereocenters. The van der Waals surface area contributed by atoms with E-state index in [0.29, 0.717) is 18.4 Å². The molecule has 12 nitrogen and oxygen atoms in total. The molecule has 1 aromatic rings. The summed E-state index contributed by atoms with van der Waals surface area (Å²) in [6, 6.07) is 3.74. The van der Waals surface area contributed by atoms with E-state index in [2.05, 4.69) is 16.0 Å². The van der Waals surface area contributed by atoms with Crippen LogP contribution in [0.3, 0.4) is 0 Å². The molecule has 45 heavy (non-hydrogen) atoms. The van der Waals surface area contributed by atoms with E-state index in [1.165, 1.54) is 4.90 Å². The summed E-state index contributed by atoms with van der Waals surface area (Å²) in [5, 5.41) is 17.1. The minimum atomic E-state index is -1.38. The maximum atomic E-state index is 14.9. The van der Waals surface area contributed by atoms with Gasteiger partial charge < -0.3 is 30.7 Å². The fourth-order valence-corrected chi connectivity index (χ4v) is 6.14. The molecule has 4 N–H and O–H groups in total. The molecule has 2 aliphatic rings. The molecule has 4 amide bonds. The lowest BCUT2D eigenvalue weighted by Crippen LogP contribution is -2.59. The molecular formula is C32H45FN4O8. The van der Waals surface area contributed by atoms with Crippen LogP contribution in [0, 0.1) is 17.8 Å². The first-order valence-corrected chi connectivity index (χ1v) is 15.6. The molecule has 0 aromatic heterocycles. The van der Waals surface area contributed by atoms with E-state index < -0.39 is 89.8 Å². The average Bonchev–Trinajstić information content (AvgIpc) is 3.53. The van der Waals surface area contributed by atoms with Crippen LogP contribution in [0.1, 0.15) is 65.9 Å². The molecule has 7 atom stereocenters. The highest BCUT2D eigenvalue weighted by atomic mass is 19.1. The minimum absolute atomic E-state index is 0.0421. The van der Waals surface area contributed by atoms with Crippen molar-refractivity contribution in [2.75, 3.05) is 6.54 Å². The normalized spacial score (nSPS) is 22.7. The Labute approximate surface area is 262 Å². The monoisotopic (exact) mass is 632 g/mol. The fourth-order valence-electron chi connectivity index (χ4n) is 6.14. The number of hydrogen-bond acceptors (Lipinski definition) is 7. The second-order valence-corrected chi connectivity index (χ2v) is 12.4. The van der Waals surface area contributed by atoms with Gasteiger partial charge in [0.25, 0.3) is 5.91 Å². The van der Waals surface area contributed by atoms with Crippen molar-refractivity contribution in [3.8, 4) is 0 Å². The predicted molar refractivity (Wildman–Crippen MR) is 162 cm³/mol. The minimum Gasteiger partial charge on any atom is -0.480 e. The molecule has 0 bridgehead atoms. The van der Waals surface area contributed by atoms with E-state index in [4.69, 9.17) is 4.74 Å². The van der Waals surface area contributed by atoms with Crippen LogP contribution >= 0.6 is 0 Å². The quantitative estimate of drug-likeness (QED) is 0.227. The largest absolute Gasteiger partial charge is 0.480 e. The maximum Gasteiger partial charge on any atom is 0.408 e. The molecule has 13 heteroatoms. The summed E-state index contributed by atoms with van der Waals surface area (Å²) in [6.07, 6.45) is -1.46. The number of carbonyl (C=O) groups excluding carboxylic acids is 5. The zero-order valence-corrected chi connectivity index (χ0v) is 26.5. The van der Waals surface area contributed by atoms with Gasteiger partial charge in [0, 0.05) is 18.9 Å². The van der Waals surface area contributed by atoms with Crippen LogP contribution in [0.4, 0.5) is 9.18 Å². The van der Waals surface area contributed by atoms with Crippen molar-refractivity contribution in [1.82, 2.24) is 20.9 Å². The Morgan fingerprint density at radius 2 is 1.62 bits per heavy atom.